The molecular formula is C15H18ClF3N4O. The van der Waals surface area contributed by atoms with Crippen molar-refractivity contribution in [1.82, 2.24) is 19.9 Å². The Hall–Kier alpha value is -1.83. The monoisotopic (exact) mass is 362 g/mol. The maximum absolute atomic E-state index is 13.0. The van der Waals surface area contributed by atoms with Gasteiger partial charge in [-0.05, 0) is 11.5 Å². The van der Waals surface area contributed by atoms with Crippen LogP contribution >= 0.6 is 11.6 Å². The lowest BCUT2D eigenvalue weighted by atomic mass is 9.92. The van der Waals surface area contributed by atoms with Crippen LogP contribution in [0.5, 0.6) is 0 Å². The average Bonchev–Trinajstić information content (AvgIpc) is 2.77. The highest BCUT2D eigenvalue weighted by molar-refractivity contribution is 6.30. The second kappa shape index (κ2) is 6.58. The third-order valence-corrected chi connectivity index (χ3v) is 3.42. The smallest absolute Gasteiger partial charge is 0.356 e. The van der Waals surface area contributed by atoms with Gasteiger partial charge in [0.1, 0.15) is 11.4 Å². The molecule has 0 aliphatic carbocycles. The van der Waals surface area contributed by atoms with Crippen LogP contribution in [0.3, 0.4) is 0 Å². The fourth-order valence-electron chi connectivity index (χ4n) is 2.24. The predicted molar refractivity (Wildman–Crippen MR) is 83.8 cm³/mol. The number of hydrogen-bond acceptors (Lipinski definition) is 3. The fourth-order valence-corrected chi connectivity index (χ4v) is 2.45. The number of rotatable bonds is 4. The molecule has 0 fully saturated rings. The van der Waals surface area contributed by atoms with E-state index in [4.69, 9.17) is 11.6 Å². The number of carbonyl (C=O) groups is 1. The number of fused-ring (bicyclic) bond motifs is 1. The molecule has 2 heterocycles. The van der Waals surface area contributed by atoms with Crippen molar-refractivity contribution in [3.8, 4) is 0 Å². The van der Waals surface area contributed by atoms with Gasteiger partial charge >= 0.3 is 6.18 Å². The van der Waals surface area contributed by atoms with E-state index in [0.29, 0.717) is 12.2 Å². The van der Waals surface area contributed by atoms with E-state index in [2.05, 4.69) is 15.5 Å². The summed E-state index contributed by atoms with van der Waals surface area (Å²) in [6, 6.07) is 0.820. The van der Waals surface area contributed by atoms with Crippen LogP contribution in [-0.4, -0.2) is 27.0 Å². The summed E-state index contributed by atoms with van der Waals surface area (Å²) in [5.41, 5.74) is -1.38. The van der Waals surface area contributed by atoms with E-state index in [0.717, 1.165) is 6.07 Å². The van der Waals surface area contributed by atoms with Gasteiger partial charge in [0.2, 0.25) is 5.91 Å². The summed E-state index contributed by atoms with van der Waals surface area (Å²) in [5, 5.41) is 10.1. The molecular weight excluding hydrogens is 345 g/mol. The SMILES string of the molecule is CC(C)(C)CC(=O)NCCc1nnc2c(C(F)(F)F)cc(Cl)cn12. The van der Waals surface area contributed by atoms with Crippen molar-refractivity contribution in [2.45, 2.75) is 39.8 Å². The van der Waals surface area contributed by atoms with Crippen molar-refractivity contribution < 1.29 is 18.0 Å². The van der Waals surface area contributed by atoms with Gasteiger partial charge in [0, 0.05) is 25.6 Å². The molecule has 132 valence electrons. The number of halogens is 4. The third-order valence-electron chi connectivity index (χ3n) is 3.21. The number of alkyl halides is 3. The molecule has 24 heavy (non-hydrogen) atoms. The lowest BCUT2D eigenvalue weighted by Gasteiger charge is -2.17. The molecule has 0 aliphatic rings. The average molecular weight is 363 g/mol. The van der Waals surface area contributed by atoms with Gasteiger partial charge in [-0.25, -0.2) is 0 Å². The highest BCUT2D eigenvalue weighted by Crippen LogP contribution is 2.33. The van der Waals surface area contributed by atoms with Crippen LogP contribution in [0.25, 0.3) is 5.65 Å². The topological polar surface area (TPSA) is 59.3 Å². The number of aromatic nitrogens is 3. The molecule has 0 aliphatic heterocycles. The first-order valence-electron chi connectivity index (χ1n) is 7.34. The molecule has 1 amide bonds. The van der Waals surface area contributed by atoms with Crippen molar-refractivity contribution >= 4 is 23.2 Å². The highest BCUT2D eigenvalue weighted by Gasteiger charge is 2.35. The Morgan fingerprint density at radius 3 is 2.54 bits per heavy atom. The molecule has 0 bridgehead atoms. The van der Waals surface area contributed by atoms with Crippen molar-refractivity contribution in [2.24, 2.45) is 5.41 Å². The fraction of sp³-hybridized carbons (Fsp3) is 0.533. The van der Waals surface area contributed by atoms with Crippen LogP contribution in [0, 0.1) is 5.41 Å². The van der Waals surface area contributed by atoms with E-state index in [1.165, 1.54) is 10.6 Å². The molecule has 1 N–H and O–H groups in total. The molecule has 5 nitrogen and oxygen atoms in total. The van der Waals surface area contributed by atoms with Crippen molar-refractivity contribution in [1.29, 1.82) is 0 Å². The number of amides is 1. The normalized spacial score (nSPS) is 12.6. The number of carbonyl (C=O) groups excluding carboxylic acids is 1. The van der Waals surface area contributed by atoms with Gasteiger partial charge in [-0.1, -0.05) is 32.4 Å². The molecule has 0 spiro atoms. The third kappa shape index (κ3) is 4.59. The standard InChI is InChI=1S/C15H18ClF3N4O/c1-14(2,3)7-12(24)20-5-4-11-21-22-13-10(15(17,18)19)6-9(16)8-23(11)13/h6,8H,4-5,7H2,1-3H3,(H,20,24). The van der Waals surface area contributed by atoms with Crippen LogP contribution in [0.1, 0.15) is 38.6 Å². The quantitative estimate of drug-likeness (QED) is 0.905. The second-order valence-electron chi connectivity index (χ2n) is 6.72. The molecule has 9 heteroatoms. The van der Waals surface area contributed by atoms with E-state index >= 15 is 0 Å². The van der Waals surface area contributed by atoms with Crippen molar-refractivity contribution in [3.05, 3.63) is 28.7 Å². The van der Waals surface area contributed by atoms with Gasteiger partial charge in [-0.2, -0.15) is 13.2 Å². The summed E-state index contributed by atoms with van der Waals surface area (Å²) in [4.78, 5) is 11.8. The minimum absolute atomic E-state index is 0.0624. The summed E-state index contributed by atoms with van der Waals surface area (Å²) in [5.74, 6) is 0.180. The summed E-state index contributed by atoms with van der Waals surface area (Å²) in [6.45, 7) is 6.08. The lowest BCUT2D eigenvalue weighted by molar-refractivity contribution is -0.136. The minimum Gasteiger partial charge on any atom is -0.356 e. The number of nitrogens with one attached hydrogen (secondary N) is 1. The molecule has 0 aromatic carbocycles. The summed E-state index contributed by atoms with van der Waals surface area (Å²) in [7, 11) is 0. The van der Waals surface area contributed by atoms with E-state index in [1.54, 1.807) is 0 Å². The molecule has 2 aromatic heterocycles. The summed E-state index contributed by atoms with van der Waals surface area (Å²) < 4.78 is 40.3. The highest BCUT2D eigenvalue weighted by atomic mass is 35.5. The van der Waals surface area contributed by atoms with Crippen LogP contribution in [0.2, 0.25) is 5.02 Å². The van der Waals surface area contributed by atoms with Crippen LogP contribution in [-0.2, 0) is 17.4 Å². The molecule has 2 rings (SSSR count). The maximum Gasteiger partial charge on any atom is 0.420 e. The van der Waals surface area contributed by atoms with Gasteiger partial charge in [0.25, 0.3) is 0 Å². The first kappa shape index (κ1) is 18.5. The molecule has 0 unspecified atom stereocenters. The first-order chi connectivity index (χ1) is 11.0. The number of nitrogens with zero attached hydrogens (tertiary/aromatic N) is 3. The van der Waals surface area contributed by atoms with Gasteiger partial charge in [0.05, 0.1) is 5.02 Å². The Kier molecular flexibility index (Phi) is 5.08. The minimum atomic E-state index is -4.57. The van der Waals surface area contributed by atoms with Gasteiger partial charge < -0.3 is 5.32 Å². The van der Waals surface area contributed by atoms with Crippen molar-refractivity contribution in [3.63, 3.8) is 0 Å². The summed E-state index contributed by atoms with van der Waals surface area (Å²) in [6.07, 6.45) is -2.64. The van der Waals surface area contributed by atoms with Crippen LogP contribution in [0.4, 0.5) is 13.2 Å². The maximum atomic E-state index is 13.0. The molecule has 0 saturated heterocycles. The van der Waals surface area contributed by atoms with Gasteiger partial charge in [-0.3, -0.25) is 9.20 Å². The van der Waals surface area contributed by atoms with Gasteiger partial charge in [-0.15, -0.1) is 10.2 Å². The summed E-state index contributed by atoms with van der Waals surface area (Å²) >= 11 is 5.77. The number of pyridine rings is 1. The van der Waals surface area contributed by atoms with Gasteiger partial charge in [0.15, 0.2) is 5.65 Å². The molecule has 2 aromatic rings. The van der Waals surface area contributed by atoms with E-state index in [1.807, 2.05) is 20.8 Å². The largest absolute Gasteiger partial charge is 0.420 e. The Bertz CT molecular complexity index is 749. The molecule has 0 atom stereocenters. The first-order valence-corrected chi connectivity index (χ1v) is 7.72. The molecule has 0 saturated carbocycles. The van der Waals surface area contributed by atoms with Crippen LogP contribution in [0.15, 0.2) is 12.3 Å². The van der Waals surface area contributed by atoms with Crippen molar-refractivity contribution in [2.75, 3.05) is 6.54 Å². The Labute approximate surface area is 142 Å². The lowest BCUT2D eigenvalue weighted by Crippen LogP contribution is -2.29. The Morgan fingerprint density at radius 2 is 1.96 bits per heavy atom. The van der Waals surface area contributed by atoms with E-state index < -0.39 is 11.7 Å². The van der Waals surface area contributed by atoms with Crippen LogP contribution < -0.4 is 5.32 Å². The zero-order valence-corrected chi connectivity index (χ0v) is 14.3. The zero-order chi connectivity index (χ0) is 18.1. The van der Waals surface area contributed by atoms with E-state index in [-0.39, 0.29) is 35.0 Å². The predicted octanol–water partition coefficient (Wildman–Crippen LogP) is 3.50. The zero-order valence-electron chi connectivity index (χ0n) is 13.5. The Balaban J connectivity index is 2.14. The number of hydrogen-bond donors (Lipinski definition) is 1. The second-order valence-corrected chi connectivity index (χ2v) is 7.15. The Morgan fingerprint density at radius 1 is 1.29 bits per heavy atom. The molecule has 0 radical (unpaired) electrons. The van der Waals surface area contributed by atoms with E-state index in [9.17, 15) is 18.0 Å².